The maximum absolute atomic E-state index is 5.59. The Labute approximate surface area is 278 Å². The van der Waals surface area contributed by atoms with Crippen molar-refractivity contribution in [2.24, 2.45) is 0 Å². The minimum absolute atomic E-state index is 0.772. The second-order valence-electron chi connectivity index (χ2n) is 12.7. The molecule has 1 saturated carbocycles. The second-order valence-corrected chi connectivity index (χ2v) is 12.7. The van der Waals surface area contributed by atoms with Gasteiger partial charge in [-0.15, -0.1) is 0 Å². The zero-order valence-electron chi connectivity index (χ0n) is 26.9. The lowest BCUT2D eigenvalue weighted by atomic mass is 9.82. The summed E-state index contributed by atoms with van der Waals surface area (Å²) < 4.78 is 0. The predicted octanol–water partition coefficient (Wildman–Crippen LogP) is 12.3. The van der Waals surface area contributed by atoms with Crippen LogP contribution in [-0.4, -0.2) is 0 Å². The molecule has 1 fully saturated rings. The van der Waals surface area contributed by atoms with Crippen molar-refractivity contribution >= 4 is 38.6 Å². The number of hydrogen-bond acceptors (Lipinski definition) is 2. The van der Waals surface area contributed by atoms with Crippen molar-refractivity contribution in [3.8, 4) is 11.1 Å². The summed E-state index contributed by atoms with van der Waals surface area (Å²) in [6.45, 7) is 0. The minimum Gasteiger partial charge on any atom is -0.399 e. The zero-order chi connectivity index (χ0) is 31.8. The van der Waals surface area contributed by atoms with Gasteiger partial charge in [0.05, 0.1) is 0 Å². The average Bonchev–Trinajstić information content (AvgIpc) is 3.52. The molecular formula is C45H42N2. The van der Waals surface area contributed by atoms with Crippen LogP contribution in [0, 0.1) is 0 Å². The van der Waals surface area contributed by atoms with Gasteiger partial charge in [0.15, 0.2) is 0 Å². The van der Waals surface area contributed by atoms with Crippen LogP contribution in [0.15, 0.2) is 158 Å². The van der Waals surface area contributed by atoms with Crippen molar-refractivity contribution in [3.63, 3.8) is 0 Å². The van der Waals surface area contributed by atoms with Crippen molar-refractivity contribution in [2.45, 2.75) is 44.4 Å². The molecule has 2 aliphatic rings. The van der Waals surface area contributed by atoms with E-state index in [1.54, 1.807) is 5.56 Å². The molecule has 0 spiro atoms. The third-order valence-corrected chi connectivity index (χ3v) is 9.50. The molecule has 0 unspecified atom stereocenters. The van der Waals surface area contributed by atoms with Gasteiger partial charge in [0, 0.05) is 17.1 Å². The second kappa shape index (κ2) is 14.4. The van der Waals surface area contributed by atoms with Gasteiger partial charge in [0.2, 0.25) is 0 Å². The van der Waals surface area contributed by atoms with E-state index in [-0.39, 0.29) is 0 Å². The first kappa shape index (κ1) is 30.3. The fourth-order valence-corrected chi connectivity index (χ4v) is 7.09. The molecule has 2 nitrogen and oxygen atoms in total. The molecule has 9 rings (SSSR count). The molecule has 47 heavy (non-hydrogen) atoms. The molecule has 0 heterocycles. The summed E-state index contributed by atoms with van der Waals surface area (Å²) in [6, 6.07) is 55.3. The van der Waals surface area contributed by atoms with Gasteiger partial charge in [0.1, 0.15) is 0 Å². The Kier molecular flexibility index (Phi) is 9.29. The van der Waals surface area contributed by atoms with Crippen LogP contribution in [0.25, 0.3) is 32.7 Å². The van der Waals surface area contributed by atoms with Gasteiger partial charge >= 0.3 is 0 Å². The molecule has 0 aromatic heterocycles. The summed E-state index contributed by atoms with van der Waals surface area (Å²) in [4.78, 5) is 0. The number of hydrogen-bond donors (Lipinski definition) is 2. The highest BCUT2D eigenvalue weighted by Gasteiger charge is 2.18. The molecule has 0 atom stereocenters. The third-order valence-electron chi connectivity index (χ3n) is 9.50. The van der Waals surface area contributed by atoms with Gasteiger partial charge in [0.25, 0.3) is 0 Å². The fourth-order valence-electron chi connectivity index (χ4n) is 7.09. The predicted molar refractivity (Wildman–Crippen MR) is 203 cm³/mol. The van der Waals surface area contributed by atoms with Crippen molar-refractivity contribution in [1.82, 2.24) is 0 Å². The maximum Gasteiger partial charge on any atom is 0.0385 e. The van der Waals surface area contributed by atoms with E-state index >= 15 is 0 Å². The smallest absolute Gasteiger partial charge is 0.0385 e. The Morgan fingerprint density at radius 1 is 0.468 bits per heavy atom. The van der Waals surface area contributed by atoms with Gasteiger partial charge < -0.3 is 11.1 Å². The van der Waals surface area contributed by atoms with E-state index in [4.69, 9.17) is 5.73 Å². The molecule has 7 aromatic rings. The standard InChI is InChI=1S/C20H20.C13H10.C12H12N2/c1-2-7-15(8-3-1)19-12-6-11-18-13-16-9-4-5-10-17(16)14-20(18)19;1-3-7-12-10(5-1)9-11-6-2-4-8-13(11)12;13-10-6-8-12(9-7-10)14-11-4-2-1-3-5-11/h4-6,9-15H,1-3,7-8H2;1-8H,9H2;1-9,14H,13H2. The Morgan fingerprint density at radius 3 is 1.70 bits per heavy atom. The van der Waals surface area contributed by atoms with E-state index < -0.39 is 0 Å². The number of fused-ring (bicyclic) bond motifs is 5. The molecular weight excluding hydrogens is 569 g/mol. The minimum atomic E-state index is 0.772. The van der Waals surface area contributed by atoms with Crippen LogP contribution in [-0.2, 0) is 6.42 Å². The molecule has 0 radical (unpaired) electrons. The number of rotatable bonds is 3. The molecule has 0 amide bonds. The third kappa shape index (κ3) is 7.23. The van der Waals surface area contributed by atoms with Gasteiger partial charge in [-0.3, -0.25) is 0 Å². The molecule has 0 aliphatic heterocycles. The summed E-state index contributed by atoms with van der Waals surface area (Å²) in [5.41, 5.74) is 15.8. The first-order chi connectivity index (χ1) is 23.2. The van der Waals surface area contributed by atoms with E-state index in [9.17, 15) is 0 Å². The van der Waals surface area contributed by atoms with Gasteiger partial charge in [-0.2, -0.15) is 0 Å². The average molecular weight is 611 g/mol. The highest BCUT2D eigenvalue weighted by atomic mass is 14.9. The summed E-state index contributed by atoms with van der Waals surface area (Å²) >= 11 is 0. The van der Waals surface area contributed by atoms with Gasteiger partial charge in [-0.1, -0.05) is 128 Å². The van der Waals surface area contributed by atoms with Crippen LogP contribution in [0.1, 0.15) is 54.7 Å². The number of nitrogens with one attached hydrogen (secondary N) is 1. The number of nitrogens with two attached hydrogens (primary N) is 1. The Balaban J connectivity index is 0.000000116. The van der Waals surface area contributed by atoms with Gasteiger partial charge in [-0.05, 0) is 123 Å². The Hall–Kier alpha value is -5.34. The molecule has 232 valence electrons. The number of anilines is 3. The molecule has 2 heteroatoms. The summed E-state index contributed by atoms with van der Waals surface area (Å²) in [6.07, 6.45) is 8.05. The van der Waals surface area contributed by atoms with E-state index in [0.717, 1.165) is 29.4 Å². The zero-order valence-corrected chi connectivity index (χ0v) is 26.9. The lowest BCUT2D eigenvalue weighted by molar-refractivity contribution is 0.445. The van der Waals surface area contributed by atoms with Crippen LogP contribution < -0.4 is 11.1 Å². The number of benzene rings is 7. The van der Waals surface area contributed by atoms with Crippen molar-refractivity contribution < 1.29 is 0 Å². The fraction of sp³-hybridized carbons (Fsp3) is 0.156. The van der Waals surface area contributed by atoms with Crippen LogP contribution in [0.5, 0.6) is 0 Å². The Bertz CT molecular complexity index is 2030. The van der Waals surface area contributed by atoms with Gasteiger partial charge in [-0.25, -0.2) is 0 Å². The van der Waals surface area contributed by atoms with Crippen LogP contribution >= 0.6 is 0 Å². The molecule has 0 bridgehead atoms. The van der Waals surface area contributed by atoms with Crippen molar-refractivity contribution in [2.75, 3.05) is 11.1 Å². The largest absolute Gasteiger partial charge is 0.399 e. The van der Waals surface area contributed by atoms with Crippen LogP contribution in [0.2, 0.25) is 0 Å². The number of para-hydroxylation sites is 1. The highest BCUT2D eigenvalue weighted by molar-refractivity contribution is 5.99. The van der Waals surface area contributed by atoms with Crippen LogP contribution in [0.4, 0.5) is 17.1 Å². The van der Waals surface area contributed by atoms with Crippen molar-refractivity contribution in [3.05, 3.63) is 174 Å². The summed E-state index contributed by atoms with van der Waals surface area (Å²) in [7, 11) is 0. The molecule has 3 N–H and O–H groups in total. The molecule has 7 aromatic carbocycles. The number of nitrogen functional groups attached to an aromatic ring is 1. The summed E-state index contributed by atoms with van der Waals surface area (Å²) in [5.74, 6) is 0.772. The monoisotopic (exact) mass is 610 g/mol. The lowest BCUT2D eigenvalue weighted by Crippen LogP contribution is -2.04. The van der Waals surface area contributed by atoms with E-state index in [0.29, 0.717) is 0 Å². The van der Waals surface area contributed by atoms with E-state index in [1.165, 1.54) is 75.9 Å². The highest BCUT2D eigenvalue weighted by Crippen LogP contribution is 2.38. The first-order valence-corrected chi connectivity index (χ1v) is 17.0. The van der Waals surface area contributed by atoms with E-state index in [1.807, 2.05) is 54.6 Å². The first-order valence-electron chi connectivity index (χ1n) is 17.0. The van der Waals surface area contributed by atoms with Crippen molar-refractivity contribution in [1.29, 1.82) is 0 Å². The molecule has 0 saturated heterocycles. The lowest BCUT2D eigenvalue weighted by Gasteiger charge is -2.23. The topological polar surface area (TPSA) is 38.0 Å². The van der Waals surface area contributed by atoms with Crippen LogP contribution in [0.3, 0.4) is 0 Å². The Morgan fingerprint density at radius 2 is 1.02 bits per heavy atom. The maximum atomic E-state index is 5.59. The quantitative estimate of drug-likeness (QED) is 0.154. The normalized spacial score (nSPS) is 13.4. The summed E-state index contributed by atoms with van der Waals surface area (Å²) in [5, 5.41) is 8.85. The van der Waals surface area contributed by atoms with E-state index in [2.05, 4.69) is 108 Å². The SMILES string of the molecule is Nc1ccc(Nc2ccccc2)cc1.c1ccc2c(c1)Cc1ccccc1-2.c1ccc2cc3c(C4CCCCC4)cccc3cc2c1. The molecule has 2 aliphatic carbocycles.